The molecule has 0 amide bonds. The third-order valence-corrected chi connectivity index (χ3v) is 2.77. The van der Waals surface area contributed by atoms with Crippen molar-refractivity contribution < 1.29 is 35.8 Å². The average Bonchev–Trinajstić information content (AvgIpc) is 2.35. The molecule has 0 fully saturated rings. The van der Waals surface area contributed by atoms with Gasteiger partial charge < -0.3 is 9.47 Å². The van der Waals surface area contributed by atoms with Gasteiger partial charge in [-0.25, -0.2) is 0 Å². The van der Waals surface area contributed by atoms with E-state index in [-0.39, 0.29) is 17.6 Å². The van der Waals surface area contributed by atoms with Crippen molar-refractivity contribution >= 4 is 5.57 Å². The molecule has 2 rings (SSSR count). The van der Waals surface area contributed by atoms with E-state index in [4.69, 9.17) is 0 Å². The minimum atomic E-state index is -4.87. The van der Waals surface area contributed by atoms with Crippen molar-refractivity contribution in [1.82, 2.24) is 0 Å². The maximum absolute atomic E-state index is 12.4. The Hall–Kier alpha value is -2.12. The molecule has 0 saturated heterocycles. The van der Waals surface area contributed by atoms with Crippen LogP contribution in [0.15, 0.2) is 42.2 Å². The second-order valence-corrected chi connectivity index (χ2v) is 4.41. The maximum Gasteiger partial charge on any atom is 0.573 e. The lowest BCUT2D eigenvalue weighted by Crippen LogP contribution is -2.17. The van der Waals surface area contributed by atoms with E-state index in [1.165, 1.54) is 18.2 Å². The van der Waals surface area contributed by atoms with Crippen LogP contribution in [0.4, 0.5) is 26.3 Å². The fourth-order valence-electron chi connectivity index (χ4n) is 2.03. The third-order valence-electron chi connectivity index (χ3n) is 2.77. The van der Waals surface area contributed by atoms with Crippen LogP contribution in [-0.4, -0.2) is 12.7 Å². The molecule has 1 aromatic rings. The average molecular weight is 324 g/mol. The maximum atomic E-state index is 12.4. The van der Waals surface area contributed by atoms with Gasteiger partial charge in [0.2, 0.25) is 0 Å². The molecule has 0 unspecified atom stereocenters. The van der Waals surface area contributed by atoms with Crippen LogP contribution in [-0.2, 0) is 4.74 Å². The molecule has 1 aliphatic carbocycles. The van der Waals surface area contributed by atoms with Crippen molar-refractivity contribution in [2.75, 3.05) is 0 Å². The highest BCUT2D eigenvalue weighted by molar-refractivity contribution is 5.71. The number of benzene rings is 1. The first-order valence-corrected chi connectivity index (χ1v) is 6.16. The smallest absolute Gasteiger partial charge is 0.406 e. The SMILES string of the molecule is FC(F)(F)OC1=C(c2cccc(OC(F)(F)F)c2)CCC=C1. The zero-order valence-corrected chi connectivity index (χ0v) is 11.0. The van der Waals surface area contributed by atoms with Gasteiger partial charge in [-0.2, -0.15) is 0 Å². The predicted molar refractivity (Wildman–Crippen MR) is 65.6 cm³/mol. The molecule has 0 radical (unpaired) electrons. The van der Waals surface area contributed by atoms with E-state index >= 15 is 0 Å². The van der Waals surface area contributed by atoms with Crippen LogP contribution in [0.3, 0.4) is 0 Å². The van der Waals surface area contributed by atoms with Crippen LogP contribution >= 0.6 is 0 Å². The first-order valence-electron chi connectivity index (χ1n) is 6.16. The Balaban J connectivity index is 2.35. The molecule has 0 bridgehead atoms. The van der Waals surface area contributed by atoms with E-state index in [0.29, 0.717) is 6.42 Å². The summed E-state index contributed by atoms with van der Waals surface area (Å²) in [7, 11) is 0. The highest BCUT2D eigenvalue weighted by Crippen LogP contribution is 2.35. The minimum absolute atomic E-state index is 0.174. The number of rotatable bonds is 3. The summed E-state index contributed by atoms with van der Waals surface area (Å²) >= 11 is 0. The second kappa shape index (κ2) is 5.94. The van der Waals surface area contributed by atoms with Crippen molar-refractivity contribution in [3.05, 3.63) is 47.7 Å². The molecule has 2 nitrogen and oxygen atoms in total. The van der Waals surface area contributed by atoms with Crippen LogP contribution in [0.25, 0.3) is 5.57 Å². The number of alkyl halides is 6. The topological polar surface area (TPSA) is 18.5 Å². The van der Waals surface area contributed by atoms with Gasteiger partial charge >= 0.3 is 12.7 Å². The van der Waals surface area contributed by atoms with E-state index in [0.717, 1.165) is 18.2 Å². The van der Waals surface area contributed by atoms with E-state index < -0.39 is 24.2 Å². The largest absolute Gasteiger partial charge is 0.573 e. The lowest BCUT2D eigenvalue weighted by atomic mass is 9.96. The van der Waals surface area contributed by atoms with E-state index in [2.05, 4.69) is 9.47 Å². The van der Waals surface area contributed by atoms with Gasteiger partial charge in [-0.1, -0.05) is 18.2 Å². The van der Waals surface area contributed by atoms with Crippen LogP contribution in [0.1, 0.15) is 18.4 Å². The predicted octanol–water partition coefficient (Wildman–Crippen LogP) is 5.18. The molecule has 0 saturated carbocycles. The van der Waals surface area contributed by atoms with Gasteiger partial charge in [0.1, 0.15) is 11.5 Å². The Morgan fingerprint density at radius 1 is 0.909 bits per heavy atom. The molecule has 0 atom stereocenters. The van der Waals surface area contributed by atoms with Crippen LogP contribution in [0.5, 0.6) is 5.75 Å². The number of ether oxygens (including phenoxy) is 2. The monoisotopic (exact) mass is 324 g/mol. The van der Waals surface area contributed by atoms with Gasteiger partial charge in [0.15, 0.2) is 0 Å². The Morgan fingerprint density at radius 3 is 2.23 bits per heavy atom. The van der Waals surface area contributed by atoms with E-state index in [9.17, 15) is 26.3 Å². The molecule has 0 heterocycles. The number of allylic oxidation sites excluding steroid dienone is 3. The molecule has 22 heavy (non-hydrogen) atoms. The zero-order valence-electron chi connectivity index (χ0n) is 11.0. The van der Waals surface area contributed by atoms with E-state index in [1.807, 2.05) is 0 Å². The summed E-state index contributed by atoms with van der Waals surface area (Å²) in [5, 5.41) is 0. The van der Waals surface area contributed by atoms with Crippen molar-refractivity contribution in [3.63, 3.8) is 0 Å². The van der Waals surface area contributed by atoms with Crippen molar-refractivity contribution in [1.29, 1.82) is 0 Å². The summed E-state index contributed by atoms with van der Waals surface area (Å²) in [6.07, 6.45) is -6.40. The first kappa shape index (κ1) is 16.3. The summed E-state index contributed by atoms with van der Waals surface area (Å²) < 4.78 is 81.4. The number of hydrogen-bond acceptors (Lipinski definition) is 2. The molecule has 1 aromatic carbocycles. The summed E-state index contributed by atoms with van der Waals surface area (Å²) in [5.74, 6) is -0.929. The molecule has 8 heteroatoms. The fraction of sp³-hybridized carbons (Fsp3) is 0.286. The van der Waals surface area contributed by atoms with Gasteiger partial charge in [0, 0.05) is 5.57 Å². The molecule has 0 aliphatic heterocycles. The number of halogens is 6. The molecular weight excluding hydrogens is 314 g/mol. The lowest BCUT2D eigenvalue weighted by Gasteiger charge is -2.19. The molecule has 0 aromatic heterocycles. The Morgan fingerprint density at radius 2 is 1.59 bits per heavy atom. The second-order valence-electron chi connectivity index (χ2n) is 4.41. The molecule has 0 spiro atoms. The first-order chi connectivity index (χ1) is 10.1. The third kappa shape index (κ3) is 4.71. The van der Waals surface area contributed by atoms with Gasteiger partial charge in [-0.05, 0) is 36.6 Å². The Bertz CT molecular complexity index is 598. The zero-order chi connectivity index (χ0) is 16.4. The standard InChI is InChI=1S/C14H10F6O2/c15-13(16,17)21-10-5-3-4-9(8-10)11-6-1-2-7-12(11)22-14(18,19)20/h2-5,7-8H,1,6H2. The van der Waals surface area contributed by atoms with Gasteiger partial charge in [-0.3, -0.25) is 0 Å². The molecular formula is C14H10F6O2. The summed E-state index contributed by atoms with van der Waals surface area (Å²) in [6, 6.07) is 4.77. The quantitative estimate of drug-likeness (QED) is 0.713. The molecule has 1 aliphatic rings. The highest BCUT2D eigenvalue weighted by Gasteiger charge is 2.33. The fourth-order valence-corrected chi connectivity index (χ4v) is 2.03. The van der Waals surface area contributed by atoms with Gasteiger partial charge in [0.05, 0.1) is 0 Å². The summed E-state index contributed by atoms with van der Waals surface area (Å²) in [4.78, 5) is 0. The summed E-state index contributed by atoms with van der Waals surface area (Å²) in [5.41, 5.74) is 0.359. The van der Waals surface area contributed by atoms with Crippen LogP contribution in [0, 0.1) is 0 Å². The number of hydrogen-bond donors (Lipinski definition) is 0. The van der Waals surface area contributed by atoms with Crippen LogP contribution in [0.2, 0.25) is 0 Å². The van der Waals surface area contributed by atoms with Crippen molar-refractivity contribution in [3.8, 4) is 5.75 Å². The molecule has 0 N–H and O–H groups in total. The normalized spacial score (nSPS) is 15.9. The van der Waals surface area contributed by atoms with Crippen LogP contribution < -0.4 is 4.74 Å². The van der Waals surface area contributed by atoms with Gasteiger partial charge in [0.25, 0.3) is 0 Å². The Labute approximate surface area is 121 Å². The minimum Gasteiger partial charge on any atom is -0.406 e. The van der Waals surface area contributed by atoms with Crippen molar-refractivity contribution in [2.45, 2.75) is 25.6 Å². The highest BCUT2D eigenvalue weighted by atomic mass is 19.4. The molecule has 120 valence electrons. The summed E-state index contributed by atoms with van der Waals surface area (Å²) in [6.45, 7) is 0. The van der Waals surface area contributed by atoms with Crippen molar-refractivity contribution in [2.24, 2.45) is 0 Å². The lowest BCUT2D eigenvalue weighted by molar-refractivity contribution is -0.303. The Kier molecular flexibility index (Phi) is 4.39. The van der Waals surface area contributed by atoms with Gasteiger partial charge in [-0.15, -0.1) is 26.3 Å². The van der Waals surface area contributed by atoms with E-state index in [1.54, 1.807) is 0 Å².